The molecule has 1 nitrogen and oxygen atoms in total. The van der Waals surface area contributed by atoms with Gasteiger partial charge in [-0.2, -0.15) is 0 Å². The van der Waals surface area contributed by atoms with Gasteiger partial charge in [0.2, 0.25) is 0 Å². The van der Waals surface area contributed by atoms with E-state index in [9.17, 15) is 0 Å². The molecule has 49 valence electrons. The Hall–Kier alpha value is -1.29. The van der Waals surface area contributed by atoms with E-state index in [1.807, 2.05) is 6.07 Å². The van der Waals surface area contributed by atoms with Crippen LogP contribution < -0.4 is 0 Å². The fourth-order valence-corrected chi connectivity index (χ4v) is 0.695. The normalized spacial score (nSPS) is 8.70. The zero-order valence-electron chi connectivity index (χ0n) is 5.67. The minimum absolute atomic E-state index is 0.755. The third kappa shape index (κ3) is 1.91. The standard InChI is InChI=1S/C9H8N/c1-2-3-6-9-7-4-5-8-10-9/h1,5,7-8H,3,6H2. The van der Waals surface area contributed by atoms with Gasteiger partial charge in [-0.25, -0.2) is 0 Å². The van der Waals surface area contributed by atoms with Crippen molar-refractivity contribution in [2.75, 3.05) is 0 Å². The van der Waals surface area contributed by atoms with Crippen molar-refractivity contribution in [3.05, 3.63) is 30.1 Å². The lowest BCUT2D eigenvalue weighted by molar-refractivity contribution is 0.962. The van der Waals surface area contributed by atoms with Gasteiger partial charge >= 0.3 is 0 Å². The lowest BCUT2D eigenvalue weighted by Gasteiger charge is -1.92. The maximum absolute atomic E-state index is 5.09. The minimum Gasteiger partial charge on any atom is -0.261 e. The number of aryl methyl sites for hydroxylation is 1. The van der Waals surface area contributed by atoms with Gasteiger partial charge in [-0.05, 0) is 18.2 Å². The van der Waals surface area contributed by atoms with Gasteiger partial charge in [0.05, 0.1) is 0 Å². The number of pyridine rings is 1. The first-order valence-corrected chi connectivity index (χ1v) is 3.18. The van der Waals surface area contributed by atoms with Gasteiger partial charge in [-0.15, -0.1) is 12.3 Å². The van der Waals surface area contributed by atoms with Crippen LogP contribution in [0.1, 0.15) is 12.1 Å². The summed E-state index contributed by atoms with van der Waals surface area (Å²) in [7, 11) is 0. The molecule has 0 N–H and O–H groups in total. The van der Waals surface area contributed by atoms with E-state index in [0.29, 0.717) is 0 Å². The number of hydrogen-bond donors (Lipinski definition) is 0. The highest BCUT2D eigenvalue weighted by Crippen LogP contribution is 1.95. The summed E-state index contributed by atoms with van der Waals surface area (Å²) >= 11 is 0. The number of terminal acetylenes is 1. The van der Waals surface area contributed by atoms with Crippen LogP contribution in [0.2, 0.25) is 0 Å². The van der Waals surface area contributed by atoms with Gasteiger partial charge in [0.1, 0.15) is 0 Å². The fourth-order valence-electron chi connectivity index (χ4n) is 0.695. The lowest BCUT2D eigenvalue weighted by atomic mass is 10.2. The van der Waals surface area contributed by atoms with E-state index in [1.165, 1.54) is 0 Å². The molecule has 0 aliphatic rings. The molecule has 0 aliphatic heterocycles. The molecule has 0 bridgehead atoms. The molecule has 0 aromatic carbocycles. The largest absolute Gasteiger partial charge is 0.261 e. The molecule has 1 rings (SSSR count). The lowest BCUT2D eigenvalue weighted by Crippen LogP contribution is -1.86. The molecule has 0 saturated carbocycles. The summed E-state index contributed by atoms with van der Waals surface area (Å²) in [6, 6.07) is 6.57. The van der Waals surface area contributed by atoms with Crippen LogP contribution in [0, 0.1) is 18.4 Å². The molecule has 1 radical (unpaired) electrons. The Balaban J connectivity index is 2.52. The average Bonchev–Trinajstić information content (AvgIpc) is 2.03. The van der Waals surface area contributed by atoms with Crippen molar-refractivity contribution in [1.29, 1.82) is 0 Å². The summed E-state index contributed by atoms with van der Waals surface area (Å²) in [6.45, 7) is 0. The van der Waals surface area contributed by atoms with Crippen LogP contribution >= 0.6 is 0 Å². The van der Waals surface area contributed by atoms with Crippen LogP contribution in [0.15, 0.2) is 18.3 Å². The second-order valence-corrected chi connectivity index (χ2v) is 1.95. The zero-order chi connectivity index (χ0) is 7.23. The maximum Gasteiger partial charge on any atom is 0.0419 e. The molecular formula is C9H8N. The Bertz CT molecular complexity index is 220. The molecule has 0 spiro atoms. The monoisotopic (exact) mass is 130 g/mol. The summed E-state index contributed by atoms with van der Waals surface area (Å²) in [4.78, 5) is 4.09. The molecule has 10 heavy (non-hydrogen) atoms. The van der Waals surface area contributed by atoms with Crippen LogP contribution in [-0.2, 0) is 6.42 Å². The first kappa shape index (κ1) is 6.82. The topological polar surface area (TPSA) is 12.9 Å². The van der Waals surface area contributed by atoms with Crippen molar-refractivity contribution < 1.29 is 0 Å². The summed E-state index contributed by atoms with van der Waals surface area (Å²) in [5.41, 5.74) is 1.01. The Labute approximate surface area is 61.1 Å². The Morgan fingerprint density at radius 1 is 1.70 bits per heavy atom. The molecular weight excluding hydrogens is 122 g/mol. The van der Waals surface area contributed by atoms with E-state index in [1.54, 1.807) is 12.3 Å². The third-order valence-electron chi connectivity index (χ3n) is 1.19. The average molecular weight is 130 g/mol. The molecule has 1 heterocycles. The van der Waals surface area contributed by atoms with Gasteiger partial charge in [0.25, 0.3) is 0 Å². The van der Waals surface area contributed by atoms with Crippen molar-refractivity contribution in [2.24, 2.45) is 0 Å². The van der Waals surface area contributed by atoms with Crippen LogP contribution in [0.25, 0.3) is 0 Å². The van der Waals surface area contributed by atoms with E-state index in [-0.39, 0.29) is 0 Å². The summed E-state index contributed by atoms with van der Waals surface area (Å²) in [5, 5.41) is 0. The summed E-state index contributed by atoms with van der Waals surface area (Å²) in [6.07, 6.45) is 8.43. The van der Waals surface area contributed by atoms with Gasteiger partial charge in [-0.1, -0.05) is 0 Å². The maximum atomic E-state index is 5.09. The minimum atomic E-state index is 0.755. The van der Waals surface area contributed by atoms with E-state index in [0.717, 1.165) is 18.5 Å². The smallest absolute Gasteiger partial charge is 0.0419 e. The number of hydrogen-bond acceptors (Lipinski definition) is 1. The molecule has 0 atom stereocenters. The van der Waals surface area contributed by atoms with Gasteiger partial charge in [0.15, 0.2) is 0 Å². The molecule has 0 amide bonds. The Morgan fingerprint density at radius 3 is 3.20 bits per heavy atom. The number of rotatable bonds is 2. The first-order chi connectivity index (χ1) is 4.93. The first-order valence-electron chi connectivity index (χ1n) is 3.18. The second kappa shape index (κ2) is 3.68. The molecule has 0 aliphatic carbocycles. The highest BCUT2D eigenvalue weighted by molar-refractivity contribution is 5.04. The van der Waals surface area contributed by atoms with Crippen molar-refractivity contribution in [3.8, 4) is 12.3 Å². The van der Waals surface area contributed by atoms with Crippen molar-refractivity contribution in [3.63, 3.8) is 0 Å². The number of nitrogens with zero attached hydrogens (tertiary/aromatic N) is 1. The third-order valence-corrected chi connectivity index (χ3v) is 1.19. The van der Waals surface area contributed by atoms with Crippen LogP contribution in [0.5, 0.6) is 0 Å². The molecule has 1 aromatic heterocycles. The van der Waals surface area contributed by atoms with E-state index >= 15 is 0 Å². The van der Waals surface area contributed by atoms with E-state index in [4.69, 9.17) is 6.42 Å². The molecule has 0 saturated heterocycles. The van der Waals surface area contributed by atoms with Crippen LogP contribution in [-0.4, -0.2) is 4.98 Å². The van der Waals surface area contributed by atoms with Crippen molar-refractivity contribution in [2.45, 2.75) is 12.8 Å². The van der Waals surface area contributed by atoms with Gasteiger partial charge in [0, 0.05) is 24.7 Å². The van der Waals surface area contributed by atoms with Gasteiger partial charge in [-0.3, -0.25) is 4.98 Å². The van der Waals surface area contributed by atoms with E-state index in [2.05, 4.69) is 17.0 Å². The van der Waals surface area contributed by atoms with Crippen molar-refractivity contribution in [1.82, 2.24) is 4.98 Å². The second-order valence-electron chi connectivity index (χ2n) is 1.95. The molecule has 0 unspecified atom stereocenters. The summed E-state index contributed by atoms with van der Waals surface area (Å²) in [5.74, 6) is 2.56. The SMILES string of the molecule is C#CCCc1c[c]ccn1. The fraction of sp³-hybridized carbons (Fsp3) is 0.222. The van der Waals surface area contributed by atoms with Crippen LogP contribution in [0.4, 0.5) is 0 Å². The predicted octanol–water partition coefficient (Wildman–Crippen LogP) is 1.45. The molecule has 1 heteroatoms. The zero-order valence-corrected chi connectivity index (χ0v) is 5.67. The van der Waals surface area contributed by atoms with E-state index < -0.39 is 0 Å². The molecule has 0 fully saturated rings. The Morgan fingerprint density at radius 2 is 2.60 bits per heavy atom. The van der Waals surface area contributed by atoms with Crippen LogP contribution in [0.3, 0.4) is 0 Å². The van der Waals surface area contributed by atoms with Gasteiger partial charge < -0.3 is 0 Å². The van der Waals surface area contributed by atoms with Crippen molar-refractivity contribution >= 4 is 0 Å². The quantitative estimate of drug-likeness (QED) is 0.552. The predicted molar refractivity (Wildman–Crippen MR) is 40.2 cm³/mol. The number of aromatic nitrogens is 1. The molecule has 1 aromatic rings. The Kier molecular flexibility index (Phi) is 2.51. The highest BCUT2D eigenvalue weighted by atomic mass is 14.7. The highest BCUT2D eigenvalue weighted by Gasteiger charge is 1.88. The summed E-state index contributed by atoms with van der Waals surface area (Å²) < 4.78 is 0.